The van der Waals surface area contributed by atoms with Crippen LogP contribution in [0, 0.1) is 11.6 Å². The summed E-state index contributed by atoms with van der Waals surface area (Å²) in [4.78, 5) is 22.2. The number of carbonyl (C=O) groups is 1. The second-order valence-corrected chi connectivity index (χ2v) is 3.61. The molecule has 1 aromatic heterocycles. The van der Waals surface area contributed by atoms with Gasteiger partial charge in [0.1, 0.15) is 11.5 Å². The van der Waals surface area contributed by atoms with E-state index in [-0.39, 0.29) is 11.3 Å². The number of rotatable bonds is 3. The lowest BCUT2D eigenvalue weighted by molar-refractivity contribution is -0.136. The van der Waals surface area contributed by atoms with Gasteiger partial charge >= 0.3 is 5.97 Å². The lowest BCUT2D eigenvalue weighted by Gasteiger charge is -2.02. The first-order chi connectivity index (χ1) is 8.49. The van der Waals surface area contributed by atoms with Crippen LogP contribution in [0.15, 0.2) is 29.2 Å². The molecule has 1 heterocycles. The average molecular weight is 254 g/mol. The van der Waals surface area contributed by atoms with Gasteiger partial charge in [-0.15, -0.1) is 0 Å². The zero-order valence-electron chi connectivity index (χ0n) is 8.98. The predicted molar refractivity (Wildman–Crippen MR) is 57.6 cm³/mol. The van der Waals surface area contributed by atoms with E-state index in [1.807, 2.05) is 0 Å². The molecular weight excluding hydrogens is 246 g/mol. The maximum atomic E-state index is 13.5. The number of hydrogen-bond donors (Lipinski definition) is 2. The maximum Gasteiger partial charge on any atom is 0.308 e. The number of halogens is 2. The molecule has 1 aromatic carbocycles. The molecule has 0 atom stereocenters. The number of aromatic nitrogens is 2. The monoisotopic (exact) mass is 254 g/mol. The molecule has 0 unspecified atom stereocenters. The first-order valence-electron chi connectivity index (χ1n) is 4.95. The SMILES string of the molecule is O=C(O)Cc1c[nH]n(-c2ccc(F)cc2F)c1=O. The molecule has 5 nitrogen and oxygen atoms in total. The summed E-state index contributed by atoms with van der Waals surface area (Å²) in [6.45, 7) is 0. The zero-order chi connectivity index (χ0) is 13.3. The molecule has 18 heavy (non-hydrogen) atoms. The van der Waals surface area contributed by atoms with E-state index in [9.17, 15) is 18.4 Å². The largest absolute Gasteiger partial charge is 0.481 e. The minimum atomic E-state index is -1.17. The molecule has 0 saturated carbocycles. The van der Waals surface area contributed by atoms with Crippen molar-refractivity contribution in [2.75, 3.05) is 0 Å². The second-order valence-electron chi connectivity index (χ2n) is 3.61. The van der Waals surface area contributed by atoms with Crippen molar-refractivity contribution in [2.45, 2.75) is 6.42 Å². The third-order valence-electron chi connectivity index (χ3n) is 2.34. The van der Waals surface area contributed by atoms with E-state index in [0.29, 0.717) is 6.07 Å². The van der Waals surface area contributed by atoms with Crippen LogP contribution < -0.4 is 5.56 Å². The fourth-order valence-electron chi connectivity index (χ4n) is 1.54. The summed E-state index contributed by atoms with van der Waals surface area (Å²) in [7, 11) is 0. The molecule has 94 valence electrons. The standard InChI is InChI=1S/C11H8F2N2O3/c12-7-1-2-9(8(13)4-7)15-11(18)6(5-14-15)3-10(16)17/h1-2,4-5,14H,3H2,(H,16,17). The van der Waals surface area contributed by atoms with E-state index in [2.05, 4.69) is 5.10 Å². The molecule has 0 aliphatic carbocycles. The van der Waals surface area contributed by atoms with E-state index in [1.54, 1.807) is 0 Å². The van der Waals surface area contributed by atoms with Crippen molar-refractivity contribution in [2.24, 2.45) is 0 Å². The first kappa shape index (κ1) is 12.0. The fraction of sp³-hybridized carbons (Fsp3) is 0.0909. The van der Waals surface area contributed by atoms with Gasteiger partial charge in [-0.2, -0.15) is 0 Å². The van der Waals surface area contributed by atoms with Crippen molar-refractivity contribution in [3.05, 3.63) is 51.9 Å². The molecule has 0 radical (unpaired) electrons. The van der Waals surface area contributed by atoms with Crippen LogP contribution in [-0.2, 0) is 11.2 Å². The Labute approximate surface area is 99.3 Å². The van der Waals surface area contributed by atoms with Gasteiger partial charge < -0.3 is 5.11 Å². The van der Waals surface area contributed by atoms with E-state index >= 15 is 0 Å². The number of hydrogen-bond acceptors (Lipinski definition) is 2. The van der Waals surface area contributed by atoms with Gasteiger partial charge in [-0.3, -0.25) is 14.7 Å². The molecular formula is C11H8F2N2O3. The highest BCUT2D eigenvalue weighted by Crippen LogP contribution is 2.12. The lowest BCUT2D eigenvalue weighted by atomic mass is 10.2. The molecule has 0 fully saturated rings. The van der Waals surface area contributed by atoms with Gasteiger partial charge in [-0.05, 0) is 12.1 Å². The molecule has 0 aliphatic rings. The Morgan fingerprint density at radius 3 is 2.72 bits per heavy atom. The second kappa shape index (κ2) is 4.44. The molecule has 0 aliphatic heterocycles. The van der Waals surface area contributed by atoms with Gasteiger partial charge in [0.2, 0.25) is 0 Å². The summed E-state index contributed by atoms with van der Waals surface area (Å²) in [5.41, 5.74) is -0.854. The molecule has 2 rings (SSSR count). The highest BCUT2D eigenvalue weighted by molar-refractivity contribution is 5.69. The number of nitrogens with zero attached hydrogens (tertiary/aromatic N) is 1. The van der Waals surface area contributed by atoms with Crippen molar-refractivity contribution in [1.82, 2.24) is 9.78 Å². The van der Waals surface area contributed by atoms with E-state index in [0.717, 1.165) is 16.8 Å². The van der Waals surface area contributed by atoms with E-state index in [1.165, 1.54) is 6.20 Å². The quantitative estimate of drug-likeness (QED) is 0.860. The Morgan fingerprint density at radius 1 is 1.39 bits per heavy atom. The van der Waals surface area contributed by atoms with Crippen LogP contribution in [0.4, 0.5) is 8.78 Å². The van der Waals surface area contributed by atoms with Crippen LogP contribution in [0.1, 0.15) is 5.56 Å². The summed E-state index contributed by atoms with van der Waals surface area (Å²) >= 11 is 0. The Morgan fingerprint density at radius 2 is 2.11 bits per heavy atom. The minimum Gasteiger partial charge on any atom is -0.481 e. The lowest BCUT2D eigenvalue weighted by Crippen LogP contribution is -2.20. The van der Waals surface area contributed by atoms with Crippen molar-refractivity contribution in [3.63, 3.8) is 0 Å². The van der Waals surface area contributed by atoms with Crippen molar-refractivity contribution in [3.8, 4) is 5.69 Å². The Balaban J connectivity index is 2.49. The molecule has 0 amide bonds. The number of aromatic amines is 1. The Kier molecular flexibility index (Phi) is 2.97. The number of carboxylic acids is 1. The van der Waals surface area contributed by atoms with Crippen LogP contribution >= 0.6 is 0 Å². The molecule has 0 saturated heterocycles. The smallest absolute Gasteiger partial charge is 0.308 e. The summed E-state index contributed by atoms with van der Waals surface area (Å²) in [5, 5.41) is 11.0. The normalized spacial score (nSPS) is 10.6. The third-order valence-corrected chi connectivity index (χ3v) is 2.34. The van der Waals surface area contributed by atoms with Gasteiger partial charge in [0.05, 0.1) is 6.42 Å². The summed E-state index contributed by atoms with van der Waals surface area (Å²) in [5.74, 6) is -2.85. The van der Waals surface area contributed by atoms with Gasteiger partial charge in [0.15, 0.2) is 5.82 Å². The molecule has 7 heteroatoms. The number of nitrogens with one attached hydrogen (secondary N) is 1. The Hall–Kier alpha value is -2.44. The summed E-state index contributed by atoms with van der Waals surface area (Å²) in [6, 6.07) is 2.73. The highest BCUT2D eigenvalue weighted by atomic mass is 19.1. The van der Waals surface area contributed by atoms with Crippen LogP contribution in [0.3, 0.4) is 0 Å². The first-order valence-corrected chi connectivity index (χ1v) is 4.95. The van der Waals surface area contributed by atoms with E-state index < -0.39 is 29.6 Å². The number of carboxylic acid groups (broad SMARTS) is 1. The van der Waals surface area contributed by atoms with Crippen LogP contribution in [-0.4, -0.2) is 20.9 Å². The molecule has 0 bridgehead atoms. The summed E-state index contributed by atoms with van der Waals surface area (Å²) in [6.07, 6.45) is 0.713. The minimum absolute atomic E-state index is 0.00812. The van der Waals surface area contributed by atoms with Gasteiger partial charge in [-0.1, -0.05) is 0 Å². The number of H-pyrrole nitrogens is 1. The van der Waals surface area contributed by atoms with Crippen LogP contribution in [0.5, 0.6) is 0 Å². The molecule has 0 spiro atoms. The molecule has 2 N–H and O–H groups in total. The fourth-order valence-corrected chi connectivity index (χ4v) is 1.54. The van der Waals surface area contributed by atoms with Crippen LogP contribution in [0.25, 0.3) is 5.69 Å². The van der Waals surface area contributed by atoms with Crippen molar-refractivity contribution in [1.29, 1.82) is 0 Å². The number of benzene rings is 1. The van der Waals surface area contributed by atoms with Gasteiger partial charge in [-0.25, -0.2) is 13.5 Å². The third kappa shape index (κ3) is 2.15. The van der Waals surface area contributed by atoms with Crippen LogP contribution in [0.2, 0.25) is 0 Å². The van der Waals surface area contributed by atoms with Crippen molar-refractivity contribution < 1.29 is 18.7 Å². The van der Waals surface area contributed by atoms with E-state index in [4.69, 9.17) is 5.11 Å². The van der Waals surface area contributed by atoms with Gasteiger partial charge in [0, 0.05) is 17.8 Å². The summed E-state index contributed by atoms with van der Waals surface area (Å²) < 4.78 is 27.0. The van der Waals surface area contributed by atoms with Crippen molar-refractivity contribution >= 4 is 5.97 Å². The maximum absolute atomic E-state index is 13.5. The predicted octanol–water partition coefficient (Wildman–Crippen LogP) is 1.07. The topological polar surface area (TPSA) is 75.1 Å². The zero-order valence-corrected chi connectivity index (χ0v) is 8.98. The Bertz CT molecular complexity index is 661. The number of aliphatic carboxylic acids is 1. The average Bonchev–Trinajstić information content (AvgIpc) is 2.60. The van der Waals surface area contributed by atoms with Gasteiger partial charge in [0.25, 0.3) is 5.56 Å². The molecule has 2 aromatic rings. The highest BCUT2D eigenvalue weighted by Gasteiger charge is 2.13.